The number of fused-ring (bicyclic) bond motifs is 4. The van der Waals surface area contributed by atoms with Crippen LogP contribution in [0.15, 0.2) is 132 Å². The number of pyridine rings is 2. The number of aryl methyl sites for hydroxylation is 1. The minimum atomic E-state index is -1.39. The van der Waals surface area contributed by atoms with Crippen LogP contribution < -0.4 is 5.19 Å². The molecule has 0 N–H and O–H groups in total. The fraction of sp³-hybridized carbons (Fsp3) is 0.281. The van der Waals surface area contributed by atoms with Crippen LogP contribution >= 0.6 is 0 Å². The normalized spacial score (nSPS) is 12.0. The van der Waals surface area contributed by atoms with Gasteiger partial charge in [0.25, 0.3) is 0 Å². The second kappa shape index (κ2) is 18.9. The first kappa shape index (κ1) is 46.5. The summed E-state index contributed by atoms with van der Waals surface area (Å²) >= 11 is 0. The summed E-state index contributed by atoms with van der Waals surface area (Å²) in [6, 6.07) is 49.1. The number of aromatic nitrogens is 4. The maximum absolute atomic E-state index is 6.44. The Hall–Kier alpha value is -5.46. The number of para-hydroxylation sites is 2. The van der Waals surface area contributed by atoms with Crippen molar-refractivity contribution in [1.82, 2.24) is 19.5 Å². The predicted molar refractivity (Wildman–Crippen MR) is 268 cm³/mol. The molecule has 0 unspecified atom stereocenters. The molecule has 64 heavy (non-hydrogen) atoms. The Bertz CT molecular complexity index is 3020. The summed E-state index contributed by atoms with van der Waals surface area (Å²) in [5, 5.41) is 3.52. The molecule has 9 aromatic rings. The average molecular weight is 1040 g/mol. The van der Waals surface area contributed by atoms with Gasteiger partial charge in [-0.05, 0) is 100 Å². The van der Waals surface area contributed by atoms with Crippen molar-refractivity contribution in [2.75, 3.05) is 0 Å². The number of hydrogen-bond acceptors (Lipinski definition) is 4. The molecule has 0 aliphatic carbocycles. The molecule has 0 aliphatic heterocycles. The van der Waals surface area contributed by atoms with Gasteiger partial charge in [-0.1, -0.05) is 140 Å². The van der Waals surface area contributed by atoms with E-state index in [0.29, 0.717) is 23.0 Å². The summed E-state index contributed by atoms with van der Waals surface area (Å²) in [7, 11) is -1.39. The molecule has 4 heterocycles. The van der Waals surface area contributed by atoms with E-state index in [0.717, 1.165) is 62.1 Å². The molecule has 0 fully saturated rings. The number of furan rings is 1. The maximum atomic E-state index is 6.44. The molecule has 5 aromatic carbocycles. The molecular formula is C57H60IrN4OSi-2. The molecular weight excluding hydrogens is 977 g/mol. The van der Waals surface area contributed by atoms with Gasteiger partial charge in [0.2, 0.25) is 5.71 Å². The molecule has 7 heteroatoms. The van der Waals surface area contributed by atoms with Crippen molar-refractivity contribution < 1.29 is 24.5 Å². The maximum Gasteiger partial charge on any atom is 0.216 e. The first-order valence-electron chi connectivity index (χ1n) is 22.5. The Morgan fingerprint density at radius 3 is 2.08 bits per heavy atom. The Labute approximate surface area is 394 Å². The zero-order chi connectivity index (χ0) is 44.6. The average Bonchev–Trinajstić information content (AvgIpc) is 3.84. The molecule has 0 atom stereocenters. The third kappa shape index (κ3) is 9.49. The van der Waals surface area contributed by atoms with Crippen LogP contribution in [0, 0.1) is 24.5 Å². The summed E-state index contributed by atoms with van der Waals surface area (Å²) < 4.78 is 8.78. The Morgan fingerprint density at radius 2 is 1.42 bits per heavy atom. The molecule has 0 bridgehead atoms. The topological polar surface area (TPSA) is 56.7 Å². The van der Waals surface area contributed by atoms with Crippen LogP contribution in [-0.4, -0.2) is 27.6 Å². The molecule has 4 aromatic heterocycles. The smallest absolute Gasteiger partial charge is 0.216 e. The van der Waals surface area contributed by atoms with Gasteiger partial charge < -0.3 is 14.0 Å². The number of rotatable bonds is 10. The van der Waals surface area contributed by atoms with Gasteiger partial charge in [0.15, 0.2) is 0 Å². The number of hydrogen-bond donors (Lipinski definition) is 0. The summed E-state index contributed by atoms with van der Waals surface area (Å²) in [4.78, 5) is 14.6. The first-order valence-corrected chi connectivity index (χ1v) is 26.0. The fourth-order valence-corrected chi connectivity index (χ4v) is 10.2. The van der Waals surface area contributed by atoms with Crippen LogP contribution in [0.25, 0.3) is 72.6 Å². The Morgan fingerprint density at radius 1 is 0.734 bits per heavy atom. The molecule has 1 radical (unpaired) electrons. The van der Waals surface area contributed by atoms with E-state index in [4.69, 9.17) is 14.4 Å². The van der Waals surface area contributed by atoms with Gasteiger partial charge >= 0.3 is 0 Å². The predicted octanol–water partition coefficient (Wildman–Crippen LogP) is 15.1. The Balaban J connectivity index is 0.000000227. The summed E-state index contributed by atoms with van der Waals surface area (Å²) in [5.41, 5.74) is 15.3. The zero-order valence-electron chi connectivity index (χ0n) is 39.2. The minimum absolute atomic E-state index is 0. The van der Waals surface area contributed by atoms with Crippen LogP contribution in [0.5, 0.6) is 0 Å². The van der Waals surface area contributed by atoms with Crippen LogP contribution in [-0.2, 0) is 26.5 Å². The van der Waals surface area contributed by atoms with Crippen LogP contribution in [0.1, 0.15) is 89.1 Å². The SMILES string of the molecule is CCC(C)(C)Cc1cc(-c2[c-]cccc2)ncc1[Si](C)(C)C.Cc1ccc2c(n1)oc1c(-c3nc4ccccc4n3-c3c(C(C)C)cc(-c4ccccc4)cc3C(C)C)[c-]ccc12.[Ir]. The number of imidazole rings is 1. The zero-order valence-corrected chi connectivity index (χ0v) is 42.6. The number of nitrogens with zero attached hydrogens (tertiary/aromatic N) is 4. The van der Waals surface area contributed by atoms with Crippen LogP contribution in [0.4, 0.5) is 0 Å². The van der Waals surface area contributed by atoms with E-state index in [1.807, 2.05) is 37.3 Å². The van der Waals surface area contributed by atoms with Crippen molar-refractivity contribution in [1.29, 1.82) is 0 Å². The van der Waals surface area contributed by atoms with Crippen molar-refractivity contribution >= 4 is 46.4 Å². The molecule has 329 valence electrons. The van der Waals surface area contributed by atoms with Crippen molar-refractivity contribution in [2.24, 2.45) is 5.41 Å². The van der Waals surface area contributed by atoms with Crippen molar-refractivity contribution in [3.63, 3.8) is 0 Å². The van der Waals surface area contributed by atoms with Crippen molar-refractivity contribution in [3.8, 4) is 39.5 Å². The second-order valence-electron chi connectivity index (χ2n) is 19.4. The van der Waals surface area contributed by atoms with Gasteiger partial charge in [-0.2, -0.15) is 0 Å². The molecule has 0 aliphatic rings. The molecule has 0 spiro atoms. The monoisotopic (exact) mass is 1040 g/mol. The quantitative estimate of drug-likeness (QED) is 0.101. The van der Waals surface area contributed by atoms with E-state index in [9.17, 15) is 0 Å². The summed E-state index contributed by atoms with van der Waals surface area (Å²) in [5.74, 6) is 1.40. The first-order chi connectivity index (χ1) is 30.1. The van der Waals surface area contributed by atoms with Gasteiger partial charge in [0.05, 0.1) is 30.5 Å². The molecule has 0 amide bonds. The van der Waals surface area contributed by atoms with Gasteiger partial charge in [0, 0.05) is 43.1 Å². The minimum Gasteiger partial charge on any atom is -0.486 e. The van der Waals surface area contributed by atoms with E-state index >= 15 is 0 Å². The summed E-state index contributed by atoms with van der Waals surface area (Å²) in [6.07, 6.45) is 4.43. The van der Waals surface area contributed by atoms with E-state index in [1.54, 1.807) is 0 Å². The summed E-state index contributed by atoms with van der Waals surface area (Å²) in [6.45, 7) is 25.3. The standard InChI is InChI=1S/C37H32N3O.C20H28NSi.Ir/c1-22(2)30-20-26(25-12-7-6-8-13-25)21-31(23(3)4)34(30)40-33-17-10-9-16-32(33)39-36(40)29-15-11-14-27-28-19-18-24(5)38-37(28)41-35(27)29;1-7-20(2,3)14-17-13-18(16-11-9-8-10-12-16)21-15-19(17)22(4,5)6;/h6-14,16-23H,1-5H3;8-11,13,15H,7,14H2,1-6H3;/q2*-1;. The largest absolute Gasteiger partial charge is 0.486 e. The van der Waals surface area contributed by atoms with Gasteiger partial charge in [-0.15, -0.1) is 54.1 Å². The van der Waals surface area contributed by atoms with E-state index in [1.165, 1.54) is 45.1 Å². The van der Waals surface area contributed by atoms with Crippen LogP contribution in [0.3, 0.4) is 0 Å². The van der Waals surface area contributed by atoms with E-state index in [2.05, 4.69) is 187 Å². The van der Waals surface area contributed by atoms with Gasteiger partial charge in [-0.3, -0.25) is 4.98 Å². The fourth-order valence-electron chi connectivity index (χ4n) is 8.58. The molecule has 0 saturated carbocycles. The van der Waals surface area contributed by atoms with Crippen molar-refractivity contribution in [3.05, 3.63) is 162 Å². The van der Waals surface area contributed by atoms with Gasteiger partial charge in [-0.25, -0.2) is 4.98 Å². The molecule has 9 rings (SSSR count). The molecule has 0 saturated heterocycles. The third-order valence-electron chi connectivity index (χ3n) is 12.4. The number of benzene rings is 5. The van der Waals surface area contributed by atoms with Crippen molar-refractivity contribution in [2.45, 2.75) is 99.7 Å². The van der Waals surface area contributed by atoms with E-state index < -0.39 is 8.07 Å². The third-order valence-corrected chi connectivity index (χ3v) is 14.4. The van der Waals surface area contributed by atoms with E-state index in [-0.39, 0.29) is 20.1 Å². The van der Waals surface area contributed by atoms with Crippen LogP contribution in [0.2, 0.25) is 19.6 Å². The Kier molecular flexibility index (Phi) is 13.8. The second-order valence-corrected chi connectivity index (χ2v) is 24.4. The molecule has 5 nitrogen and oxygen atoms in total. The van der Waals surface area contributed by atoms with Gasteiger partial charge in [0.1, 0.15) is 0 Å².